The number of ether oxygens (including phenoxy) is 3. The molecule has 3 atom stereocenters. The van der Waals surface area contributed by atoms with Gasteiger partial charge in [0, 0.05) is 43.4 Å². The number of alkyl halides is 6. The molecule has 5 rings (SSSR count). The Bertz CT molecular complexity index is 1400. The standard InChI is InChI=1S/C24H23F6N5O4S/c1-10(20(36)34-22-33-14-6-15-16(7-17(14)40-22)39-24(29,30)38-15)35-4-3-23(27,28)13(9-35)11-5-12(18(31)19(25)26)21(37-2)32-8-11/h5-8,10,13,18-19H,3-4,9,31H2,1-2H3,(H,33,34,36). The second-order valence-electron chi connectivity index (χ2n) is 9.40. The Morgan fingerprint density at radius 2 is 1.93 bits per heavy atom. The van der Waals surface area contributed by atoms with E-state index in [0.29, 0.717) is 4.70 Å². The van der Waals surface area contributed by atoms with Crippen LogP contribution in [0.1, 0.15) is 36.4 Å². The van der Waals surface area contributed by atoms with E-state index in [1.54, 1.807) is 4.90 Å². The molecule has 0 spiro atoms. The third-order valence-electron chi connectivity index (χ3n) is 6.85. The van der Waals surface area contributed by atoms with E-state index in [4.69, 9.17) is 10.5 Å². The minimum atomic E-state index is -3.78. The van der Waals surface area contributed by atoms with Gasteiger partial charge in [0.15, 0.2) is 16.6 Å². The summed E-state index contributed by atoms with van der Waals surface area (Å²) >= 11 is 1.01. The number of piperidine rings is 1. The molecular formula is C24H23F6N5O4S. The molecule has 1 amide bonds. The summed E-state index contributed by atoms with van der Waals surface area (Å²) in [5.41, 5.74) is 5.64. The fraction of sp³-hybridized carbons (Fsp3) is 0.458. The molecule has 1 saturated heterocycles. The van der Waals surface area contributed by atoms with Gasteiger partial charge in [0.05, 0.1) is 35.3 Å². The van der Waals surface area contributed by atoms with Crippen LogP contribution in [0.2, 0.25) is 0 Å². The normalized spacial score (nSPS) is 21.4. The van der Waals surface area contributed by atoms with Crippen molar-refractivity contribution < 1.29 is 45.3 Å². The summed E-state index contributed by atoms with van der Waals surface area (Å²) < 4.78 is 97.5. The number of nitrogens with zero attached hydrogens (tertiary/aromatic N) is 3. The summed E-state index contributed by atoms with van der Waals surface area (Å²) in [5, 5.41) is 2.79. The summed E-state index contributed by atoms with van der Waals surface area (Å²) in [6.07, 6.45) is -6.20. The molecule has 40 heavy (non-hydrogen) atoms. The van der Waals surface area contributed by atoms with Crippen LogP contribution in [0.15, 0.2) is 24.4 Å². The lowest BCUT2D eigenvalue weighted by Gasteiger charge is -2.40. The third kappa shape index (κ3) is 5.34. The van der Waals surface area contributed by atoms with Gasteiger partial charge in [-0.2, -0.15) is 0 Å². The smallest absolute Gasteiger partial charge is 0.481 e. The predicted octanol–water partition coefficient (Wildman–Crippen LogP) is 4.74. The van der Waals surface area contributed by atoms with Crippen molar-refractivity contribution >= 4 is 32.6 Å². The van der Waals surface area contributed by atoms with Crippen LogP contribution in [0.5, 0.6) is 17.4 Å². The summed E-state index contributed by atoms with van der Waals surface area (Å²) in [6, 6.07) is 1.06. The average Bonchev–Trinajstić information content (AvgIpc) is 3.41. The fourth-order valence-electron chi connectivity index (χ4n) is 4.65. The van der Waals surface area contributed by atoms with Crippen molar-refractivity contribution in [1.82, 2.24) is 14.9 Å². The van der Waals surface area contributed by atoms with Gasteiger partial charge in [-0.25, -0.2) is 27.5 Å². The van der Waals surface area contributed by atoms with Crippen molar-refractivity contribution in [1.29, 1.82) is 0 Å². The van der Waals surface area contributed by atoms with Crippen LogP contribution >= 0.6 is 11.3 Å². The number of halogens is 6. The molecule has 3 unspecified atom stereocenters. The monoisotopic (exact) mass is 591 g/mol. The van der Waals surface area contributed by atoms with Crippen molar-refractivity contribution in [3.05, 3.63) is 35.5 Å². The molecule has 4 heterocycles. The molecule has 3 aromatic rings. The van der Waals surface area contributed by atoms with Gasteiger partial charge in [0.25, 0.3) is 12.3 Å². The molecule has 0 aliphatic carbocycles. The van der Waals surface area contributed by atoms with Gasteiger partial charge >= 0.3 is 6.29 Å². The number of carbonyl (C=O) groups excluding carboxylic acids is 1. The molecule has 3 N–H and O–H groups in total. The molecule has 2 aliphatic heterocycles. The Labute approximate surface area is 227 Å². The Morgan fingerprint density at radius 1 is 1.23 bits per heavy atom. The molecule has 9 nitrogen and oxygen atoms in total. The highest BCUT2D eigenvalue weighted by Crippen LogP contribution is 2.45. The fourth-order valence-corrected chi connectivity index (χ4v) is 5.53. The number of aromatic nitrogens is 2. The van der Waals surface area contributed by atoms with Crippen LogP contribution in [0.25, 0.3) is 10.2 Å². The van der Waals surface area contributed by atoms with Crippen LogP contribution in [-0.4, -0.2) is 65.7 Å². The first-order valence-corrected chi connectivity index (χ1v) is 12.8. The lowest BCUT2D eigenvalue weighted by Crippen LogP contribution is -2.52. The molecule has 2 aliphatic rings. The summed E-state index contributed by atoms with van der Waals surface area (Å²) in [7, 11) is 1.21. The number of methoxy groups -OCH3 is 1. The Morgan fingerprint density at radius 3 is 2.60 bits per heavy atom. The molecule has 2 aromatic heterocycles. The largest absolute Gasteiger partial charge is 0.586 e. The minimum absolute atomic E-state index is 0.0107. The molecule has 0 bridgehead atoms. The number of anilines is 1. The predicted molar refractivity (Wildman–Crippen MR) is 132 cm³/mol. The minimum Gasteiger partial charge on any atom is -0.481 e. The second-order valence-corrected chi connectivity index (χ2v) is 10.4. The molecule has 1 aromatic carbocycles. The zero-order valence-electron chi connectivity index (χ0n) is 21.0. The highest BCUT2D eigenvalue weighted by molar-refractivity contribution is 7.22. The van der Waals surface area contributed by atoms with E-state index in [0.717, 1.165) is 23.6 Å². The van der Waals surface area contributed by atoms with Crippen molar-refractivity contribution in [2.24, 2.45) is 5.73 Å². The van der Waals surface area contributed by atoms with Crippen molar-refractivity contribution in [2.75, 3.05) is 25.5 Å². The SMILES string of the molecule is COc1ncc(C2CN(C(C)C(=O)Nc3nc4cc5c(cc4s3)OC(F)(F)O5)CCC2(F)F)cc1C(N)C(F)F. The van der Waals surface area contributed by atoms with Crippen molar-refractivity contribution in [3.63, 3.8) is 0 Å². The van der Waals surface area contributed by atoms with Gasteiger partial charge in [-0.05, 0) is 18.6 Å². The Balaban J connectivity index is 1.32. The number of likely N-dealkylation sites (tertiary alicyclic amines) is 1. The molecule has 16 heteroatoms. The van der Waals surface area contributed by atoms with Crippen LogP contribution in [0.4, 0.5) is 31.5 Å². The highest BCUT2D eigenvalue weighted by Gasteiger charge is 2.47. The van der Waals surface area contributed by atoms with Crippen LogP contribution < -0.4 is 25.3 Å². The number of rotatable bonds is 7. The van der Waals surface area contributed by atoms with Gasteiger partial charge in [-0.1, -0.05) is 11.3 Å². The van der Waals surface area contributed by atoms with E-state index in [9.17, 15) is 22.4 Å². The maximum atomic E-state index is 15.0. The van der Waals surface area contributed by atoms with Gasteiger partial charge in [0.2, 0.25) is 11.8 Å². The molecule has 216 valence electrons. The average molecular weight is 592 g/mol. The lowest BCUT2D eigenvalue weighted by molar-refractivity contribution is -0.286. The number of thiazole rings is 1. The van der Waals surface area contributed by atoms with Crippen LogP contribution in [0.3, 0.4) is 0 Å². The number of amides is 1. The van der Waals surface area contributed by atoms with E-state index in [-0.39, 0.29) is 52.2 Å². The topological polar surface area (TPSA) is 112 Å². The zero-order chi connectivity index (χ0) is 29.0. The quantitative estimate of drug-likeness (QED) is 0.379. The number of benzene rings is 1. The highest BCUT2D eigenvalue weighted by atomic mass is 32.1. The first kappa shape index (κ1) is 28.2. The van der Waals surface area contributed by atoms with Crippen molar-refractivity contribution in [3.8, 4) is 17.4 Å². The first-order valence-electron chi connectivity index (χ1n) is 12.0. The number of nitrogens with one attached hydrogen (secondary N) is 1. The molecule has 1 fully saturated rings. The van der Waals surface area contributed by atoms with Gasteiger partial charge in [0.1, 0.15) is 0 Å². The second kappa shape index (κ2) is 10.2. The van der Waals surface area contributed by atoms with Gasteiger partial charge < -0.3 is 25.3 Å². The van der Waals surface area contributed by atoms with Gasteiger partial charge in [-0.15, -0.1) is 8.78 Å². The maximum Gasteiger partial charge on any atom is 0.586 e. The van der Waals surface area contributed by atoms with E-state index in [1.165, 1.54) is 26.2 Å². The Hall–Kier alpha value is -3.37. The van der Waals surface area contributed by atoms with Crippen molar-refractivity contribution in [2.45, 2.75) is 50.0 Å². The van der Waals surface area contributed by atoms with Crippen LogP contribution in [-0.2, 0) is 4.79 Å². The summed E-state index contributed by atoms with van der Waals surface area (Å²) in [6.45, 7) is 1.15. The van der Waals surface area contributed by atoms with Gasteiger partial charge in [-0.3, -0.25) is 9.69 Å². The maximum absolute atomic E-state index is 15.0. The first-order chi connectivity index (χ1) is 18.8. The van der Waals surface area contributed by atoms with Crippen LogP contribution in [0, 0.1) is 0 Å². The Kier molecular flexibility index (Phi) is 7.20. The zero-order valence-corrected chi connectivity index (χ0v) is 21.8. The summed E-state index contributed by atoms with van der Waals surface area (Å²) in [4.78, 5) is 22.7. The molecule has 0 radical (unpaired) electrons. The van der Waals surface area contributed by atoms with E-state index in [2.05, 4.69) is 24.8 Å². The number of pyridine rings is 1. The summed E-state index contributed by atoms with van der Waals surface area (Å²) in [5.74, 6) is -5.75. The number of nitrogens with two attached hydrogens (primary N) is 1. The number of hydrogen-bond donors (Lipinski definition) is 2. The lowest BCUT2D eigenvalue weighted by atomic mass is 9.86. The third-order valence-corrected chi connectivity index (χ3v) is 7.79. The number of hydrogen-bond acceptors (Lipinski definition) is 9. The molecular weight excluding hydrogens is 568 g/mol. The molecule has 0 saturated carbocycles. The van der Waals surface area contributed by atoms with E-state index >= 15 is 8.78 Å². The van der Waals surface area contributed by atoms with E-state index in [1.807, 2.05) is 0 Å². The van der Waals surface area contributed by atoms with E-state index < -0.39 is 49.0 Å². The number of fused-ring (bicyclic) bond motifs is 2. The number of carbonyl (C=O) groups is 1.